The molecular weight excluding hydrogens is 264 g/mol. The fraction of sp³-hybridized carbons (Fsp3) is 0.200. The first-order chi connectivity index (χ1) is 7.06. The molecule has 0 atom stereocenters. The van der Waals surface area contributed by atoms with Crippen LogP contribution in [0.2, 0.25) is 0 Å². The molecule has 0 spiro atoms. The largest absolute Gasteiger partial charge is 0.480 e. The highest BCUT2D eigenvalue weighted by molar-refractivity contribution is 9.08. The third-order valence-corrected chi connectivity index (χ3v) is 2.58. The lowest BCUT2D eigenvalue weighted by Gasteiger charge is -2.08. The van der Waals surface area contributed by atoms with Gasteiger partial charge in [0.2, 0.25) is 0 Å². The van der Waals surface area contributed by atoms with Crippen molar-refractivity contribution in [3.63, 3.8) is 0 Å². The van der Waals surface area contributed by atoms with Crippen molar-refractivity contribution in [1.29, 1.82) is 0 Å². The summed E-state index contributed by atoms with van der Waals surface area (Å²) in [5.74, 6) is -4.20. The zero-order valence-corrected chi connectivity index (χ0v) is 9.27. The Morgan fingerprint density at radius 3 is 2.33 bits per heavy atom. The van der Waals surface area contributed by atoms with E-state index in [-0.39, 0.29) is 5.56 Å². The van der Waals surface area contributed by atoms with Crippen LogP contribution in [0.15, 0.2) is 24.3 Å². The predicted molar refractivity (Wildman–Crippen MR) is 57.1 cm³/mol. The number of aliphatic carboxylic acids is 2. The molecule has 0 saturated carbocycles. The summed E-state index contributed by atoms with van der Waals surface area (Å²) in [5.41, 5.74) is 1.13. The molecule has 0 heterocycles. The van der Waals surface area contributed by atoms with Gasteiger partial charge in [0.1, 0.15) is 0 Å². The average Bonchev–Trinajstić information content (AvgIpc) is 2.17. The van der Waals surface area contributed by atoms with Gasteiger partial charge in [0.25, 0.3) is 0 Å². The molecule has 0 aliphatic carbocycles. The number of carboxylic acid groups (broad SMARTS) is 2. The van der Waals surface area contributed by atoms with Gasteiger partial charge < -0.3 is 10.2 Å². The second kappa shape index (κ2) is 4.93. The van der Waals surface area contributed by atoms with E-state index in [2.05, 4.69) is 15.9 Å². The van der Waals surface area contributed by atoms with E-state index in [0.29, 0.717) is 5.33 Å². The van der Waals surface area contributed by atoms with E-state index >= 15 is 0 Å². The van der Waals surface area contributed by atoms with Crippen LogP contribution in [0.1, 0.15) is 17.0 Å². The van der Waals surface area contributed by atoms with Crippen molar-refractivity contribution < 1.29 is 19.8 Å². The smallest absolute Gasteiger partial charge is 0.322 e. The monoisotopic (exact) mass is 272 g/mol. The Kier molecular flexibility index (Phi) is 3.85. The fourth-order valence-corrected chi connectivity index (χ4v) is 1.60. The van der Waals surface area contributed by atoms with Gasteiger partial charge in [-0.05, 0) is 11.1 Å². The van der Waals surface area contributed by atoms with Crippen LogP contribution in [0.5, 0.6) is 0 Å². The number of benzene rings is 1. The minimum absolute atomic E-state index is 0.284. The first-order valence-electron chi connectivity index (χ1n) is 4.16. The Hall–Kier alpha value is -1.36. The third kappa shape index (κ3) is 2.79. The van der Waals surface area contributed by atoms with Crippen molar-refractivity contribution in [2.75, 3.05) is 0 Å². The summed E-state index contributed by atoms with van der Waals surface area (Å²) in [6.45, 7) is 0. The quantitative estimate of drug-likeness (QED) is 0.648. The van der Waals surface area contributed by atoms with Crippen LogP contribution in [0.4, 0.5) is 0 Å². The van der Waals surface area contributed by atoms with Gasteiger partial charge >= 0.3 is 11.9 Å². The number of carbonyl (C=O) groups is 2. The van der Waals surface area contributed by atoms with Gasteiger partial charge in [-0.25, -0.2) is 0 Å². The van der Waals surface area contributed by atoms with Crippen molar-refractivity contribution in [1.82, 2.24) is 0 Å². The van der Waals surface area contributed by atoms with Crippen LogP contribution in [0, 0.1) is 0 Å². The van der Waals surface area contributed by atoms with Gasteiger partial charge in [0.05, 0.1) is 0 Å². The van der Waals surface area contributed by atoms with E-state index in [1.54, 1.807) is 18.2 Å². The molecule has 0 aromatic heterocycles. The lowest BCUT2D eigenvalue weighted by Crippen LogP contribution is -2.21. The molecule has 0 fully saturated rings. The Labute approximate surface area is 94.7 Å². The molecule has 0 aliphatic heterocycles. The molecule has 0 radical (unpaired) electrons. The Balaban J connectivity index is 3.11. The maximum Gasteiger partial charge on any atom is 0.322 e. The van der Waals surface area contributed by atoms with Crippen LogP contribution in [-0.4, -0.2) is 22.2 Å². The van der Waals surface area contributed by atoms with Crippen molar-refractivity contribution in [3.8, 4) is 0 Å². The van der Waals surface area contributed by atoms with E-state index in [1.807, 2.05) is 0 Å². The molecule has 5 heteroatoms. The zero-order chi connectivity index (χ0) is 11.4. The molecule has 15 heavy (non-hydrogen) atoms. The predicted octanol–water partition coefficient (Wildman–Crippen LogP) is 1.83. The highest BCUT2D eigenvalue weighted by atomic mass is 79.9. The first kappa shape index (κ1) is 11.7. The number of hydrogen-bond acceptors (Lipinski definition) is 2. The normalized spacial score (nSPS) is 10.3. The molecule has 1 aromatic rings. The lowest BCUT2D eigenvalue weighted by atomic mass is 9.98. The molecule has 1 aromatic carbocycles. The minimum Gasteiger partial charge on any atom is -0.480 e. The highest BCUT2D eigenvalue weighted by Gasteiger charge is 2.27. The average molecular weight is 273 g/mol. The second-order valence-corrected chi connectivity index (χ2v) is 3.55. The van der Waals surface area contributed by atoms with Gasteiger partial charge in [-0.3, -0.25) is 9.59 Å². The Morgan fingerprint density at radius 2 is 1.87 bits per heavy atom. The zero-order valence-electron chi connectivity index (χ0n) is 7.68. The number of rotatable bonds is 4. The van der Waals surface area contributed by atoms with Crippen LogP contribution >= 0.6 is 15.9 Å². The molecule has 0 aliphatic rings. The summed E-state index contributed by atoms with van der Waals surface area (Å²) in [6.07, 6.45) is 0. The van der Waals surface area contributed by atoms with E-state index in [4.69, 9.17) is 10.2 Å². The summed E-state index contributed by atoms with van der Waals surface area (Å²) in [7, 11) is 0. The molecule has 0 saturated heterocycles. The van der Waals surface area contributed by atoms with Gasteiger partial charge in [0.15, 0.2) is 5.92 Å². The summed E-state index contributed by atoms with van der Waals surface area (Å²) in [4.78, 5) is 21.5. The third-order valence-electron chi connectivity index (χ3n) is 1.93. The van der Waals surface area contributed by atoms with Gasteiger partial charge in [-0.2, -0.15) is 0 Å². The fourth-order valence-electron chi connectivity index (χ4n) is 1.25. The van der Waals surface area contributed by atoms with Crippen molar-refractivity contribution in [2.45, 2.75) is 11.2 Å². The maximum absolute atomic E-state index is 10.7. The summed E-state index contributed by atoms with van der Waals surface area (Å²) in [5, 5.41) is 18.1. The number of halogens is 1. The molecule has 2 N–H and O–H groups in total. The topological polar surface area (TPSA) is 74.6 Å². The van der Waals surface area contributed by atoms with E-state index < -0.39 is 17.9 Å². The van der Waals surface area contributed by atoms with Crippen LogP contribution < -0.4 is 0 Å². The van der Waals surface area contributed by atoms with Gasteiger partial charge in [-0.1, -0.05) is 40.2 Å². The maximum atomic E-state index is 10.7. The van der Waals surface area contributed by atoms with Crippen LogP contribution in [0.25, 0.3) is 0 Å². The van der Waals surface area contributed by atoms with E-state index in [0.717, 1.165) is 5.56 Å². The SMILES string of the molecule is O=C(O)C(C(=O)O)c1cccc(CBr)c1. The van der Waals surface area contributed by atoms with Crippen molar-refractivity contribution >= 4 is 27.9 Å². The van der Waals surface area contributed by atoms with E-state index in [9.17, 15) is 9.59 Å². The summed E-state index contributed by atoms with van der Waals surface area (Å²) in [6, 6.07) is 6.50. The molecular formula is C10H9BrO4. The van der Waals surface area contributed by atoms with Gasteiger partial charge in [0, 0.05) is 5.33 Å². The second-order valence-electron chi connectivity index (χ2n) is 2.99. The number of alkyl halides is 1. The molecule has 0 unspecified atom stereocenters. The minimum atomic E-state index is -1.50. The van der Waals surface area contributed by atoms with Crippen LogP contribution in [-0.2, 0) is 14.9 Å². The molecule has 4 nitrogen and oxygen atoms in total. The van der Waals surface area contributed by atoms with E-state index in [1.165, 1.54) is 6.07 Å². The number of hydrogen-bond donors (Lipinski definition) is 2. The first-order valence-corrected chi connectivity index (χ1v) is 5.29. The number of carboxylic acids is 2. The summed E-state index contributed by atoms with van der Waals surface area (Å²) >= 11 is 3.22. The highest BCUT2D eigenvalue weighted by Crippen LogP contribution is 2.19. The van der Waals surface area contributed by atoms with Crippen molar-refractivity contribution in [2.24, 2.45) is 0 Å². The molecule has 0 amide bonds. The summed E-state index contributed by atoms with van der Waals surface area (Å²) < 4.78 is 0. The Morgan fingerprint density at radius 1 is 1.27 bits per heavy atom. The standard InChI is InChI=1S/C10H9BrO4/c11-5-6-2-1-3-7(4-6)8(9(12)13)10(14)15/h1-4,8H,5H2,(H,12,13)(H,14,15). The van der Waals surface area contributed by atoms with Crippen LogP contribution in [0.3, 0.4) is 0 Å². The van der Waals surface area contributed by atoms with Crippen molar-refractivity contribution in [3.05, 3.63) is 35.4 Å². The molecule has 1 rings (SSSR count). The Bertz CT molecular complexity index is 375. The van der Waals surface area contributed by atoms with Gasteiger partial charge in [-0.15, -0.1) is 0 Å². The molecule has 80 valence electrons. The molecule has 0 bridgehead atoms. The lowest BCUT2D eigenvalue weighted by molar-refractivity contribution is -0.150.